The minimum absolute atomic E-state index is 0.0427. The molecule has 0 aliphatic carbocycles. The van der Waals surface area contributed by atoms with E-state index >= 15 is 0 Å². The van der Waals surface area contributed by atoms with Crippen molar-refractivity contribution in [2.24, 2.45) is 5.92 Å². The summed E-state index contributed by atoms with van der Waals surface area (Å²) in [7, 11) is 0. The summed E-state index contributed by atoms with van der Waals surface area (Å²) >= 11 is 1.28. The molecule has 1 amide bonds. The number of carbonyl (C=O) groups is 1. The van der Waals surface area contributed by atoms with Gasteiger partial charge >= 0.3 is 6.18 Å². The minimum Gasteiger partial charge on any atom is -0.356 e. The molecule has 1 aliphatic rings. The van der Waals surface area contributed by atoms with Crippen LogP contribution >= 0.6 is 11.8 Å². The molecule has 1 aliphatic heterocycles. The number of nitrogens with zero attached hydrogens (tertiary/aromatic N) is 2. The van der Waals surface area contributed by atoms with E-state index in [0.29, 0.717) is 35.0 Å². The Morgan fingerprint density at radius 1 is 1.25 bits per heavy atom. The zero-order valence-corrected chi connectivity index (χ0v) is 19.1. The first-order valence-electron chi connectivity index (χ1n) is 10.5. The smallest absolute Gasteiger partial charge is 0.356 e. The summed E-state index contributed by atoms with van der Waals surface area (Å²) in [5.74, 6) is -0.557. The highest BCUT2D eigenvalue weighted by Gasteiger charge is 2.34. The number of benzene rings is 1. The highest BCUT2D eigenvalue weighted by molar-refractivity contribution is 7.98. The Morgan fingerprint density at radius 2 is 1.94 bits per heavy atom. The lowest BCUT2D eigenvalue weighted by Crippen LogP contribution is -2.35. The molecule has 1 fully saturated rings. The van der Waals surface area contributed by atoms with Crippen LogP contribution in [0.25, 0.3) is 0 Å². The molecule has 2 aromatic rings. The van der Waals surface area contributed by atoms with Crippen molar-refractivity contribution < 1.29 is 22.4 Å². The predicted octanol–water partition coefficient (Wildman–Crippen LogP) is 5.62. The average Bonchev–Trinajstić information content (AvgIpc) is 2.76. The van der Waals surface area contributed by atoms with Gasteiger partial charge in [-0.2, -0.15) is 13.2 Å². The molecule has 174 valence electrons. The van der Waals surface area contributed by atoms with Crippen molar-refractivity contribution in [1.82, 2.24) is 10.3 Å². The van der Waals surface area contributed by atoms with E-state index in [4.69, 9.17) is 0 Å². The molecule has 1 unspecified atom stereocenters. The van der Waals surface area contributed by atoms with Gasteiger partial charge in [-0.3, -0.25) is 4.79 Å². The van der Waals surface area contributed by atoms with Crippen LogP contribution in [0, 0.1) is 11.7 Å². The summed E-state index contributed by atoms with van der Waals surface area (Å²) in [5, 5.41) is 2.78. The Balaban J connectivity index is 1.77. The van der Waals surface area contributed by atoms with Gasteiger partial charge in [-0.15, -0.1) is 11.8 Å². The van der Waals surface area contributed by atoms with Crippen LogP contribution in [0.15, 0.2) is 35.2 Å². The van der Waals surface area contributed by atoms with Crippen molar-refractivity contribution in [3.8, 4) is 0 Å². The number of carbonyl (C=O) groups excluding carboxylic acids is 1. The number of pyridine rings is 1. The van der Waals surface area contributed by atoms with Gasteiger partial charge in [-0.1, -0.05) is 19.1 Å². The third kappa shape index (κ3) is 5.74. The van der Waals surface area contributed by atoms with Crippen LogP contribution in [0.1, 0.15) is 49.4 Å². The first-order chi connectivity index (χ1) is 15.1. The number of rotatable bonds is 6. The van der Waals surface area contributed by atoms with Crippen molar-refractivity contribution in [2.75, 3.05) is 24.2 Å². The van der Waals surface area contributed by atoms with E-state index in [0.717, 1.165) is 18.9 Å². The lowest BCUT2D eigenvalue weighted by atomic mass is 9.98. The molecule has 0 bridgehead atoms. The van der Waals surface area contributed by atoms with Crippen molar-refractivity contribution in [3.63, 3.8) is 0 Å². The van der Waals surface area contributed by atoms with Gasteiger partial charge in [0.2, 0.25) is 5.91 Å². The van der Waals surface area contributed by atoms with Gasteiger partial charge in [0.25, 0.3) is 0 Å². The second-order valence-electron chi connectivity index (χ2n) is 8.18. The fourth-order valence-corrected chi connectivity index (χ4v) is 4.16. The van der Waals surface area contributed by atoms with Gasteiger partial charge in [0.15, 0.2) is 0 Å². The maximum atomic E-state index is 14.1. The molecule has 1 aromatic heterocycles. The molecule has 0 saturated carbocycles. The average molecular weight is 470 g/mol. The minimum atomic E-state index is -4.54. The third-order valence-corrected chi connectivity index (χ3v) is 6.62. The number of hydrogen-bond donors (Lipinski definition) is 1. The number of alkyl halides is 3. The summed E-state index contributed by atoms with van der Waals surface area (Å²) in [5.41, 5.74) is 0.115. The molecular formula is C23H27F4N3OS. The van der Waals surface area contributed by atoms with E-state index in [-0.39, 0.29) is 24.1 Å². The summed E-state index contributed by atoms with van der Waals surface area (Å²) in [6, 6.07) is 7.00. The number of anilines is 1. The molecule has 3 rings (SSSR count). The molecule has 2 heterocycles. The van der Waals surface area contributed by atoms with Gasteiger partial charge in [-0.05, 0) is 55.7 Å². The Hall–Kier alpha value is -2.29. The molecule has 4 nitrogen and oxygen atoms in total. The van der Waals surface area contributed by atoms with Crippen molar-refractivity contribution in [2.45, 2.75) is 50.2 Å². The molecule has 9 heteroatoms. The van der Waals surface area contributed by atoms with Gasteiger partial charge in [0.05, 0.1) is 5.92 Å². The molecule has 1 atom stereocenters. The van der Waals surface area contributed by atoms with Gasteiger partial charge in [0.1, 0.15) is 17.3 Å². The highest BCUT2D eigenvalue weighted by atomic mass is 32.2. The number of piperidine rings is 1. The van der Waals surface area contributed by atoms with Crippen molar-refractivity contribution in [3.05, 3.63) is 53.0 Å². The number of thioether (sulfide) groups is 1. The topological polar surface area (TPSA) is 45.2 Å². The fraction of sp³-hybridized carbons (Fsp3) is 0.478. The normalized spacial score (nSPS) is 16.2. The van der Waals surface area contributed by atoms with Crippen LogP contribution < -0.4 is 10.2 Å². The molecule has 1 N–H and O–H groups in total. The predicted molar refractivity (Wildman–Crippen MR) is 118 cm³/mol. The van der Waals surface area contributed by atoms with Crippen LogP contribution in [0.3, 0.4) is 0 Å². The van der Waals surface area contributed by atoms with Crippen LogP contribution in [0.4, 0.5) is 23.4 Å². The Morgan fingerprint density at radius 3 is 2.53 bits per heavy atom. The van der Waals surface area contributed by atoms with E-state index in [2.05, 4.69) is 17.2 Å². The number of halogens is 4. The largest absolute Gasteiger partial charge is 0.433 e. The summed E-state index contributed by atoms with van der Waals surface area (Å²) in [6.07, 6.45) is -1.02. The molecule has 1 aromatic carbocycles. The van der Waals surface area contributed by atoms with E-state index in [1.165, 1.54) is 23.9 Å². The lowest BCUT2D eigenvalue weighted by molar-refractivity contribution is -0.141. The Bertz CT molecular complexity index is 959. The van der Waals surface area contributed by atoms with E-state index in [9.17, 15) is 22.4 Å². The van der Waals surface area contributed by atoms with Crippen LogP contribution in [0.5, 0.6) is 0 Å². The monoisotopic (exact) mass is 469 g/mol. The zero-order chi connectivity index (χ0) is 23.5. The third-order valence-electron chi connectivity index (χ3n) is 5.85. The van der Waals surface area contributed by atoms with Gasteiger partial charge in [0, 0.05) is 30.1 Å². The zero-order valence-electron chi connectivity index (χ0n) is 18.3. The lowest BCUT2D eigenvalue weighted by Gasteiger charge is -2.33. The van der Waals surface area contributed by atoms with E-state index in [1.807, 2.05) is 4.90 Å². The molecule has 0 spiro atoms. The van der Waals surface area contributed by atoms with Crippen molar-refractivity contribution >= 4 is 23.5 Å². The number of amides is 1. The summed E-state index contributed by atoms with van der Waals surface area (Å²) < 4.78 is 53.8. The van der Waals surface area contributed by atoms with Crippen molar-refractivity contribution in [1.29, 1.82) is 0 Å². The quantitative estimate of drug-likeness (QED) is 0.441. The maximum Gasteiger partial charge on any atom is 0.433 e. The van der Waals surface area contributed by atoms with Crippen LogP contribution in [0.2, 0.25) is 0 Å². The number of hydrogen-bond acceptors (Lipinski definition) is 4. The molecular weight excluding hydrogens is 442 g/mol. The van der Waals surface area contributed by atoms with Crippen LogP contribution in [-0.2, 0) is 17.5 Å². The highest BCUT2D eigenvalue weighted by Crippen LogP contribution is 2.32. The van der Waals surface area contributed by atoms with Crippen LogP contribution in [-0.4, -0.2) is 30.2 Å². The molecule has 0 radical (unpaired) electrons. The number of aromatic nitrogens is 1. The van der Waals surface area contributed by atoms with E-state index < -0.39 is 17.8 Å². The summed E-state index contributed by atoms with van der Waals surface area (Å²) in [6.45, 7) is 5.07. The fourth-order valence-electron chi connectivity index (χ4n) is 3.71. The second-order valence-corrected chi connectivity index (χ2v) is 9.03. The Labute approximate surface area is 189 Å². The second kappa shape index (κ2) is 10.1. The maximum absolute atomic E-state index is 14.1. The first kappa shape index (κ1) is 24.4. The van der Waals surface area contributed by atoms with Gasteiger partial charge < -0.3 is 10.2 Å². The van der Waals surface area contributed by atoms with Gasteiger partial charge in [-0.25, -0.2) is 9.37 Å². The SMILES string of the molecule is CSc1ccc(C(C)C(=O)NCc2ccc(C(F)(F)F)nc2N2CCC(C)CC2)cc1F. The standard InChI is InChI=1S/C23H27F4N3OS/c1-14-8-10-30(11-9-14)21-17(5-7-20(29-21)23(25,26)27)13-28-22(31)15(2)16-4-6-19(32-3)18(24)12-16/h4-7,12,14-15H,8-11,13H2,1-3H3,(H,28,31). The molecule has 32 heavy (non-hydrogen) atoms. The van der Waals surface area contributed by atoms with E-state index in [1.54, 1.807) is 25.3 Å². The summed E-state index contributed by atoms with van der Waals surface area (Å²) in [4.78, 5) is 18.9. The number of nitrogens with one attached hydrogen (secondary N) is 1. The first-order valence-corrected chi connectivity index (χ1v) is 11.8. The Kier molecular flexibility index (Phi) is 7.69. The molecule has 1 saturated heterocycles.